The quantitative estimate of drug-likeness (QED) is 0.251. The minimum Gasteiger partial charge on any atom is -0.456 e. The number of rotatable bonds is 6. The highest BCUT2D eigenvalue weighted by Crippen LogP contribution is 2.45. The number of carbonyl (C=O) groups excluding carboxylic acids is 1. The molecule has 0 saturated carbocycles. The fourth-order valence-corrected chi connectivity index (χ4v) is 5.15. The summed E-state index contributed by atoms with van der Waals surface area (Å²) < 4.78 is 28.7. The van der Waals surface area contributed by atoms with Crippen molar-refractivity contribution in [2.75, 3.05) is 12.3 Å². The van der Waals surface area contributed by atoms with E-state index in [0.717, 1.165) is 5.06 Å². The standard InChI is InChI=1S/C19H29N6O9P/c1-18(2)5-9(19(3,4)25(18)28)17(27)34-13-10(6-32-35(29,30)31)33-16(12(13)26)24-8-23-11-14(20)21-7-22-15(11)24/h7-10,12-13,16,26,28H,5-6H2,1-4H3,(H2,20,21,22)(H2,29,30,31)/t9?,10-,12-,13-,16-/m1/s1. The van der Waals surface area contributed by atoms with E-state index in [0.29, 0.717) is 0 Å². The van der Waals surface area contributed by atoms with Crippen molar-refractivity contribution in [3.8, 4) is 0 Å². The minimum atomic E-state index is -4.89. The molecule has 194 valence electrons. The van der Waals surface area contributed by atoms with E-state index in [2.05, 4.69) is 19.5 Å². The molecule has 4 rings (SSSR count). The number of hydrogen-bond donors (Lipinski definition) is 5. The van der Waals surface area contributed by atoms with Crippen molar-refractivity contribution in [3.05, 3.63) is 12.7 Å². The van der Waals surface area contributed by atoms with Crippen LogP contribution >= 0.6 is 7.82 Å². The van der Waals surface area contributed by atoms with Crippen molar-refractivity contribution in [3.63, 3.8) is 0 Å². The number of anilines is 1. The average molecular weight is 516 g/mol. The number of imidazole rings is 1. The van der Waals surface area contributed by atoms with Crippen molar-refractivity contribution in [2.24, 2.45) is 5.92 Å². The van der Waals surface area contributed by atoms with Crippen LogP contribution in [0.25, 0.3) is 11.2 Å². The van der Waals surface area contributed by atoms with Crippen LogP contribution in [0.4, 0.5) is 5.82 Å². The van der Waals surface area contributed by atoms with E-state index in [-0.39, 0.29) is 23.4 Å². The van der Waals surface area contributed by atoms with Crippen molar-refractivity contribution in [1.29, 1.82) is 0 Å². The minimum absolute atomic E-state index is 0.102. The number of aliphatic hydroxyl groups excluding tert-OH is 1. The lowest BCUT2D eigenvalue weighted by molar-refractivity contribution is -0.202. The largest absolute Gasteiger partial charge is 0.469 e. The molecule has 0 spiro atoms. The van der Waals surface area contributed by atoms with Gasteiger partial charge in [-0.1, -0.05) is 0 Å². The molecular weight excluding hydrogens is 487 g/mol. The third kappa shape index (κ3) is 4.66. The predicted molar refractivity (Wildman–Crippen MR) is 117 cm³/mol. The molecule has 0 bridgehead atoms. The van der Waals surface area contributed by atoms with Crippen LogP contribution in [-0.2, 0) is 23.4 Å². The van der Waals surface area contributed by atoms with Crippen LogP contribution in [0.1, 0.15) is 40.3 Å². The molecule has 6 N–H and O–H groups in total. The van der Waals surface area contributed by atoms with Gasteiger partial charge < -0.3 is 35.3 Å². The number of hydroxylamine groups is 2. The molecule has 2 aliphatic heterocycles. The molecular formula is C19H29N6O9P. The molecule has 0 aliphatic carbocycles. The predicted octanol–water partition coefficient (Wildman–Crippen LogP) is -0.0438. The van der Waals surface area contributed by atoms with E-state index in [4.69, 9.17) is 25.0 Å². The molecule has 2 aliphatic rings. The number of nitrogens with zero attached hydrogens (tertiary/aromatic N) is 5. The molecule has 4 heterocycles. The van der Waals surface area contributed by atoms with Crippen LogP contribution in [0.2, 0.25) is 0 Å². The van der Waals surface area contributed by atoms with Crippen LogP contribution < -0.4 is 5.73 Å². The molecule has 35 heavy (non-hydrogen) atoms. The van der Waals surface area contributed by atoms with Crippen molar-refractivity contribution in [1.82, 2.24) is 24.6 Å². The smallest absolute Gasteiger partial charge is 0.456 e. The van der Waals surface area contributed by atoms with Gasteiger partial charge in [-0.25, -0.2) is 19.5 Å². The SMILES string of the molecule is CC1(C)CC(C(=O)O[C@H]2[C@@H](O)[C@H](n3cnc4c(N)ncnc43)O[C@@H]2COP(=O)(O)O)C(C)(C)N1O. The van der Waals surface area contributed by atoms with E-state index in [9.17, 15) is 19.7 Å². The second kappa shape index (κ2) is 8.71. The Kier molecular flexibility index (Phi) is 6.43. The first-order chi connectivity index (χ1) is 16.1. The number of ether oxygens (including phenoxy) is 2. The Bertz CT molecular complexity index is 1170. The fraction of sp³-hybridized carbons (Fsp3) is 0.684. The molecule has 15 nitrogen and oxygen atoms in total. The maximum atomic E-state index is 13.2. The number of hydrogen-bond acceptors (Lipinski definition) is 12. The summed E-state index contributed by atoms with van der Waals surface area (Å²) in [5, 5.41) is 22.7. The summed E-state index contributed by atoms with van der Waals surface area (Å²) in [5.74, 6) is -1.37. The maximum absolute atomic E-state index is 13.2. The van der Waals surface area contributed by atoms with Gasteiger partial charge in [0, 0.05) is 5.54 Å². The topological polar surface area (TPSA) is 216 Å². The number of fused-ring (bicyclic) bond motifs is 1. The van der Waals surface area contributed by atoms with E-state index >= 15 is 0 Å². The number of esters is 1. The van der Waals surface area contributed by atoms with Gasteiger partial charge in [0.1, 0.15) is 24.1 Å². The first-order valence-corrected chi connectivity index (χ1v) is 12.3. The lowest BCUT2D eigenvalue weighted by Gasteiger charge is -2.35. The summed E-state index contributed by atoms with van der Waals surface area (Å²) in [7, 11) is -4.89. The summed E-state index contributed by atoms with van der Waals surface area (Å²) >= 11 is 0. The summed E-state index contributed by atoms with van der Waals surface area (Å²) in [6, 6.07) is 0. The van der Waals surface area contributed by atoms with Gasteiger partial charge in [-0.2, -0.15) is 5.06 Å². The molecule has 5 atom stereocenters. The van der Waals surface area contributed by atoms with Crippen LogP contribution in [0.3, 0.4) is 0 Å². The zero-order chi connectivity index (χ0) is 25.9. The molecule has 2 aromatic heterocycles. The summed E-state index contributed by atoms with van der Waals surface area (Å²) in [5.41, 5.74) is 4.62. The Labute approximate surface area is 200 Å². The molecule has 0 radical (unpaired) electrons. The molecule has 0 aromatic carbocycles. The monoisotopic (exact) mass is 516 g/mol. The Morgan fingerprint density at radius 3 is 2.57 bits per heavy atom. The molecule has 0 amide bonds. The lowest BCUT2D eigenvalue weighted by Crippen LogP contribution is -2.49. The van der Waals surface area contributed by atoms with E-state index in [1.165, 1.54) is 17.2 Å². The van der Waals surface area contributed by atoms with E-state index < -0.39 is 61.9 Å². The van der Waals surface area contributed by atoms with Gasteiger partial charge in [-0.15, -0.1) is 0 Å². The molecule has 2 saturated heterocycles. The Morgan fingerprint density at radius 2 is 1.97 bits per heavy atom. The number of carbonyl (C=O) groups is 1. The van der Waals surface area contributed by atoms with Gasteiger partial charge in [0.2, 0.25) is 0 Å². The average Bonchev–Trinajstić information content (AvgIpc) is 3.36. The van der Waals surface area contributed by atoms with Crippen molar-refractivity contribution in [2.45, 2.75) is 69.7 Å². The third-order valence-electron chi connectivity index (χ3n) is 6.59. The number of nitrogens with two attached hydrogens (primary N) is 1. The number of phosphoric acid groups is 1. The van der Waals surface area contributed by atoms with Crippen LogP contribution in [0, 0.1) is 5.92 Å². The number of nitrogen functional groups attached to an aromatic ring is 1. The Morgan fingerprint density at radius 1 is 1.29 bits per heavy atom. The van der Waals surface area contributed by atoms with Gasteiger partial charge in [-0.3, -0.25) is 13.9 Å². The molecule has 2 fully saturated rings. The normalized spacial score (nSPS) is 30.7. The van der Waals surface area contributed by atoms with Crippen molar-refractivity contribution < 1.29 is 43.5 Å². The van der Waals surface area contributed by atoms with Gasteiger partial charge in [0.15, 0.2) is 23.8 Å². The Hall–Kier alpha value is -2.23. The summed E-state index contributed by atoms with van der Waals surface area (Å²) in [4.78, 5) is 43.6. The van der Waals surface area contributed by atoms with Gasteiger partial charge in [0.25, 0.3) is 0 Å². The number of aliphatic hydroxyl groups is 1. The van der Waals surface area contributed by atoms with E-state index in [1.807, 2.05) is 0 Å². The summed E-state index contributed by atoms with van der Waals surface area (Å²) in [6.45, 7) is 6.26. The Balaban J connectivity index is 1.62. The zero-order valence-corrected chi connectivity index (χ0v) is 20.4. The highest BCUT2D eigenvalue weighted by atomic mass is 31.2. The number of phosphoric ester groups is 1. The zero-order valence-electron chi connectivity index (χ0n) is 19.5. The highest BCUT2D eigenvalue weighted by molar-refractivity contribution is 7.46. The van der Waals surface area contributed by atoms with Crippen molar-refractivity contribution >= 4 is 30.8 Å². The van der Waals surface area contributed by atoms with Gasteiger partial charge in [0.05, 0.1) is 24.4 Å². The first kappa shape index (κ1) is 25.9. The second-order valence-corrected chi connectivity index (χ2v) is 11.1. The number of aromatic nitrogens is 4. The van der Waals surface area contributed by atoms with Gasteiger partial charge >= 0.3 is 13.8 Å². The molecule has 1 unspecified atom stereocenters. The molecule has 16 heteroatoms. The maximum Gasteiger partial charge on any atom is 0.469 e. The summed E-state index contributed by atoms with van der Waals surface area (Å²) in [6.07, 6.45) is -2.50. The third-order valence-corrected chi connectivity index (χ3v) is 7.08. The van der Waals surface area contributed by atoms with Gasteiger partial charge in [-0.05, 0) is 34.1 Å². The fourth-order valence-electron chi connectivity index (χ4n) is 4.81. The highest BCUT2D eigenvalue weighted by Gasteiger charge is 2.56. The van der Waals surface area contributed by atoms with Crippen LogP contribution in [-0.4, -0.2) is 86.6 Å². The molecule has 2 aromatic rings. The van der Waals surface area contributed by atoms with Crippen LogP contribution in [0.15, 0.2) is 12.7 Å². The lowest BCUT2D eigenvalue weighted by atomic mass is 9.87. The first-order valence-electron chi connectivity index (χ1n) is 10.8. The van der Waals surface area contributed by atoms with Crippen LogP contribution in [0.5, 0.6) is 0 Å². The van der Waals surface area contributed by atoms with E-state index in [1.54, 1.807) is 27.7 Å². The second-order valence-electron chi connectivity index (χ2n) is 9.86.